The fourth-order valence-corrected chi connectivity index (χ4v) is 17.5. The minimum Gasteiger partial charge on any atom is -0.309 e. The molecule has 0 spiro atoms. The molecule has 0 N–H and O–H groups in total. The molecule has 552 valence electrons. The minimum atomic E-state index is 0.644. The molecule has 0 bridgehead atoms. The Bertz CT molecular complexity index is 7330. The van der Waals surface area contributed by atoms with Crippen molar-refractivity contribution >= 4 is 87.2 Å². The van der Waals surface area contributed by atoms with Crippen LogP contribution in [0.4, 0.5) is 0 Å². The van der Waals surface area contributed by atoms with Gasteiger partial charge in [-0.05, 0) is 171 Å². The maximum Gasteiger partial charge on any atom is 0.235 e. The van der Waals surface area contributed by atoms with E-state index in [-0.39, 0.29) is 0 Å². The normalized spacial score (nSPS) is 11.6. The maximum atomic E-state index is 5.24. The highest BCUT2D eigenvalue weighted by Crippen LogP contribution is 2.44. The van der Waals surface area contributed by atoms with E-state index in [2.05, 4.69) is 431 Å². The molecule has 0 unspecified atom stereocenters. The lowest BCUT2D eigenvalue weighted by atomic mass is 9.98. The van der Waals surface area contributed by atoms with Crippen molar-refractivity contribution in [2.75, 3.05) is 0 Å². The predicted octanol–water partition coefficient (Wildman–Crippen LogP) is 28.3. The van der Waals surface area contributed by atoms with Crippen molar-refractivity contribution in [3.05, 3.63) is 437 Å². The van der Waals surface area contributed by atoms with Crippen LogP contribution in [0.5, 0.6) is 0 Å². The molecule has 0 aliphatic carbocycles. The summed E-state index contributed by atoms with van der Waals surface area (Å²) in [6.45, 7) is 0. The molecular weight excluding hydrogens is 1430 g/mol. The van der Waals surface area contributed by atoms with Gasteiger partial charge in [-0.2, -0.15) is 0 Å². The summed E-state index contributed by atoms with van der Waals surface area (Å²) >= 11 is 0. The molecule has 23 rings (SSSR count). The van der Waals surface area contributed by atoms with Crippen LogP contribution in [0.3, 0.4) is 0 Å². The van der Waals surface area contributed by atoms with E-state index in [9.17, 15) is 0 Å². The quantitative estimate of drug-likeness (QED) is 0.115. The van der Waals surface area contributed by atoms with Crippen molar-refractivity contribution in [1.29, 1.82) is 0 Å². The standard InChI is InChI=1S/C58H38N4.C52H34N4/c1-5-17-39(18-6-1)45-33-46(40-19-7-2-8-20-40)35-47(34-45)61-54-27-15-13-25-48(54)50-36-43(29-31-56(50)61)44-30-32-57-51(37-44)49-26-14-16-28-55(49)62(57)58-59-52(41-21-9-3-10-22-41)38-53(60-58)42-23-11-4-12-24-42;1-4-14-35(15-5-1)36-24-28-41(29-25-36)55-48-22-12-10-20-42(48)44-32-39(26-30-50(44)55)40-27-31-51-45(33-40)43-21-11-13-23-49(43)56(51)52-53-46(37-16-6-2-7-17-37)34-47(54-52)38-18-8-3-9-19-38/h1-38H;1-34H. The third kappa shape index (κ3) is 12.4. The van der Waals surface area contributed by atoms with Gasteiger partial charge in [0.1, 0.15) is 0 Å². The first-order valence-corrected chi connectivity index (χ1v) is 40.1. The highest BCUT2D eigenvalue weighted by atomic mass is 15.2. The van der Waals surface area contributed by atoms with Crippen LogP contribution in [-0.4, -0.2) is 38.2 Å². The van der Waals surface area contributed by atoms with Gasteiger partial charge in [-0.15, -0.1) is 0 Å². The molecule has 6 heterocycles. The largest absolute Gasteiger partial charge is 0.309 e. The third-order valence-corrected chi connectivity index (χ3v) is 23.1. The lowest BCUT2D eigenvalue weighted by Crippen LogP contribution is -2.03. The van der Waals surface area contributed by atoms with E-state index in [1.165, 1.54) is 82.6 Å². The number of hydrogen-bond donors (Lipinski definition) is 0. The Kier molecular flexibility index (Phi) is 17.1. The molecule has 0 saturated heterocycles. The van der Waals surface area contributed by atoms with Crippen LogP contribution < -0.4 is 0 Å². The lowest BCUT2D eigenvalue weighted by molar-refractivity contribution is 0.995. The van der Waals surface area contributed by atoms with Gasteiger partial charge in [0, 0.05) is 76.7 Å². The first kappa shape index (κ1) is 68.9. The molecule has 0 radical (unpaired) electrons. The van der Waals surface area contributed by atoms with E-state index in [1.54, 1.807) is 0 Å². The molecule has 0 aliphatic heterocycles. The summed E-state index contributed by atoms with van der Waals surface area (Å²) in [6, 6.07) is 156. The molecule has 0 saturated carbocycles. The number of hydrogen-bond acceptors (Lipinski definition) is 4. The summed E-state index contributed by atoms with van der Waals surface area (Å²) in [5, 5.41) is 9.53. The number of aromatic nitrogens is 8. The second-order valence-corrected chi connectivity index (χ2v) is 30.1. The number of benzene rings is 17. The Labute approximate surface area is 681 Å². The summed E-state index contributed by atoms with van der Waals surface area (Å²) in [6.07, 6.45) is 0. The van der Waals surface area contributed by atoms with Crippen LogP contribution in [0.1, 0.15) is 0 Å². The number of para-hydroxylation sites is 4. The van der Waals surface area contributed by atoms with Gasteiger partial charge in [0.15, 0.2) is 0 Å². The lowest BCUT2D eigenvalue weighted by Gasteiger charge is -2.14. The Balaban J connectivity index is 0.000000143. The topological polar surface area (TPSA) is 71.3 Å². The summed E-state index contributed by atoms with van der Waals surface area (Å²) in [4.78, 5) is 20.9. The van der Waals surface area contributed by atoms with Gasteiger partial charge in [0.2, 0.25) is 11.9 Å². The van der Waals surface area contributed by atoms with E-state index in [0.717, 1.165) is 117 Å². The summed E-state index contributed by atoms with van der Waals surface area (Å²) < 4.78 is 9.25. The molecule has 0 fully saturated rings. The van der Waals surface area contributed by atoms with E-state index in [0.29, 0.717) is 11.9 Å². The van der Waals surface area contributed by atoms with Crippen molar-refractivity contribution in [3.63, 3.8) is 0 Å². The van der Waals surface area contributed by atoms with Crippen LogP contribution in [0, 0.1) is 0 Å². The second-order valence-electron chi connectivity index (χ2n) is 30.1. The fraction of sp³-hybridized carbons (Fsp3) is 0. The molecular formula is C110H72N8. The Hall–Kier alpha value is -15.9. The molecule has 118 heavy (non-hydrogen) atoms. The zero-order valence-electron chi connectivity index (χ0n) is 64.1. The third-order valence-electron chi connectivity index (χ3n) is 23.1. The molecule has 8 nitrogen and oxygen atoms in total. The van der Waals surface area contributed by atoms with Crippen molar-refractivity contribution < 1.29 is 0 Å². The molecule has 0 aliphatic rings. The molecule has 23 aromatic rings. The molecule has 8 heteroatoms. The second kappa shape index (κ2) is 29.3. The Morgan fingerprint density at radius 3 is 0.653 bits per heavy atom. The van der Waals surface area contributed by atoms with Crippen LogP contribution in [0.2, 0.25) is 0 Å². The zero-order chi connectivity index (χ0) is 78.0. The zero-order valence-corrected chi connectivity index (χ0v) is 64.1. The van der Waals surface area contributed by atoms with Gasteiger partial charge >= 0.3 is 0 Å². The van der Waals surface area contributed by atoms with Crippen molar-refractivity contribution in [3.8, 4) is 124 Å². The van der Waals surface area contributed by atoms with Crippen molar-refractivity contribution in [2.24, 2.45) is 0 Å². The Morgan fingerprint density at radius 2 is 0.347 bits per heavy atom. The minimum absolute atomic E-state index is 0.644. The maximum absolute atomic E-state index is 5.24. The summed E-state index contributed by atoms with van der Waals surface area (Å²) in [5.41, 5.74) is 30.8. The fourth-order valence-electron chi connectivity index (χ4n) is 17.5. The monoisotopic (exact) mass is 1500 g/mol. The molecule has 0 atom stereocenters. The average Bonchev–Trinajstić information content (AvgIpc) is 1.59. The SMILES string of the molecule is c1ccc(-c2cc(-c3ccccc3)cc(-n3c4ccccc4c4cc(-c5ccc6c(c5)c5ccccc5n6-c5nc(-c6ccccc6)cc(-c6ccccc6)n5)ccc43)c2)cc1.c1ccc(-c2ccc(-n3c4ccccc4c4cc(-c5ccc6c(c5)c5ccccc5n6-c5nc(-c6ccccc6)cc(-c6ccccc6)n5)ccc43)cc2)cc1. The average molecular weight is 1510 g/mol. The first-order chi connectivity index (χ1) is 58.5. The van der Waals surface area contributed by atoms with Crippen LogP contribution in [0.15, 0.2) is 437 Å². The highest BCUT2D eigenvalue weighted by molar-refractivity contribution is 6.15. The Morgan fingerprint density at radius 1 is 0.127 bits per heavy atom. The predicted molar refractivity (Wildman–Crippen MR) is 490 cm³/mol. The van der Waals surface area contributed by atoms with E-state index < -0.39 is 0 Å². The van der Waals surface area contributed by atoms with E-state index in [1.807, 2.05) is 24.3 Å². The molecule has 6 aromatic heterocycles. The van der Waals surface area contributed by atoms with Crippen molar-refractivity contribution in [2.45, 2.75) is 0 Å². The highest BCUT2D eigenvalue weighted by Gasteiger charge is 2.23. The first-order valence-electron chi connectivity index (χ1n) is 40.1. The van der Waals surface area contributed by atoms with Gasteiger partial charge in [0.05, 0.1) is 66.9 Å². The molecule has 17 aromatic carbocycles. The van der Waals surface area contributed by atoms with Gasteiger partial charge < -0.3 is 9.13 Å². The van der Waals surface area contributed by atoms with Crippen LogP contribution in [0.25, 0.3) is 211 Å². The summed E-state index contributed by atoms with van der Waals surface area (Å²) in [5.74, 6) is 1.29. The summed E-state index contributed by atoms with van der Waals surface area (Å²) in [7, 11) is 0. The van der Waals surface area contributed by atoms with Gasteiger partial charge in [0.25, 0.3) is 0 Å². The van der Waals surface area contributed by atoms with E-state index in [4.69, 9.17) is 19.9 Å². The van der Waals surface area contributed by atoms with Crippen molar-refractivity contribution in [1.82, 2.24) is 38.2 Å². The number of fused-ring (bicyclic) bond motifs is 12. The number of nitrogens with zero attached hydrogens (tertiary/aromatic N) is 8. The van der Waals surface area contributed by atoms with E-state index >= 15 is 0 Å². The van der Waals surface area contributed by atoms with Crippen LogP contribution >= 0.6 is 0 Å². The smallest absolute Gasteiger partial charge is 0.235 e. The molecule has 0 amide bonds. The van der Waals surface area contributed by atoms with Gasteiger partial charge in [-0.3, -0.25) is 9.13 Å². The van der Waals surface area contributed by atoms with Gasteiger partial charge in [-0.25, -0.2) is 19.9 Å². The number of rotatable bonds is 13. The van der Waals surface area contributed by atoms with Crippen LogP contribution in [-0.2, 0) is 0 Å². The van der Waals surface area contributed by atoms with Gasteiger partial charge in [-0.1, -0.05) is 322 Å².